The lowest BCUT2D eigenvalue weighted by Crippen LogP contribution is -2.43. The second-order valence-electron chi connectivity index (χ2n) is 6.49. The summed E-state index contributed by atoms with van der Waals surface area (Å²) in [5.41, 5.74) is 3.82. The molecule has 2 rings (SSSR count). The van der Waals surface area contributed by atoms with E-state index < -0.39 is 11.9 Å². The maximum atomic E-state index is 9.10. The van der Waals surface area contributed by atoms with Crippen molar-refractivity contribution < 1.29 is 24.5 Å². The average Bonchev–Trinajstić information content (AvgIpc) is 2.58. The molecule has 0 unspecified atom stereocenters. The van der Waals surface area contributed by atoms with Crippen molar-refractivity contribution in [1.29, 1.82) is 0 Å². The molecule has 7 nitrogen and oxygen atoms in total. The predicted octanol–water partition coefficient (Wildman–Crippen LogP) is 1.83. The third-order valence-electron chi connectivity index (χ3n) is 4.11. The Morgan fingerprint density at radius 2 is 1.58 bits per heavy atom. The molecule has 7 heteroatoms. The number of rotatable bonds is 6. The number of unbranched alkanes of at least 4 members (excludes halogenated alkanes) is 1. The number of nitrogens with zero attached hydrogens (tertiary/aromatic N) is 1. The minimum atomic E-state index is -1.82. The zero-order chi connectivity index (χ0) is 19.5. The summed E-state index contributed by atoms with van der Waals surface area (Å²) in [6, 6.07) is 4.39. The summed E-state index contributed by atoms with van der Waals surface area (Å²) < 4.78 is 5.98. The number of carboxylic acid groups (broad SMARTS) is 2. The zero-order valence-electron chi connectivity index (χ0n) is 15.9. The second kappa shape index (κ2) is 11.5. The molecule has 0 saturated carbocycles. The van der Waals surface area contributed by atoms with E-state index >= 15 is 0 Å². The van der Waals surface area contributed by atoms with E-state index in [9.17, 15) is 0 Å². The van der Waals surface area contributed by atoms with Crippen LogP contribution in [0.5, 0.6) is 5.75 Å². The molecule has 0 atom stereocenters. The highest BCUT2D eigenvalue weighted by Crippen LogP contribution is 2.24. The molecule has 0 radical (unpaired) electrons. The van der Waals surface area contributed by atoms with Gasteiger partial charge in [-0.1, -0.05) is 17.7 Å². The monoisotopic (exact) mass is 366 g/mol. The SMILES string of the molecule is Cc1cc(C)c(OCCCCN2CCNCC2)c(C)c1.O=C(O)C(=O)O. The van der Waals surface area contributed by atoms with Crippen molar-refractivity contribution >= 4 is 11.9 Å². The van der Waals surface area contributed by atoms with Crippen molar-refractivity contribution in [3.8, 4) is 5.75 Å². The van der Waals surface area contributed by atoms with Crippen LogP contribution >= 0.6 is 0 Å². The highest BCUT2D eigenvalue weighted by molar-refractivity contribution is 6.27. The lowest BCUT2D eigenvalue weighted by atomic mass is 10.1. The second-order valence-corrected chi connectivity index (χ2v) is 6.49. The van der Waals surface area contributed by atoms with Gasteiger partial charge in [0, 0.05) is 26.2 Å². The van der Waals surface area contributed by atoms with E-state index in [1.807, 2.05) is 0 Å². The van der Waals surface area contributed by atoms with Crippen molar-refractivity contribution in [1.82, 2.24) is 10.2 Å². The largest absolute Gasteiger partial charge is 0.493 e. The molecule has 1 aliphatic heterocycles. The number of nitrogens with one attached hydrogen (secondary N) is 1. The van der Waals surface area contributed by atoms with Crippen molar-refractivity contribution in [2.75, 3.05) is 39.3 Å². The molecule has 0 aromatic heterocycles. The van der Waals surface area contributed by atoms with Gasteiger partial charge in [0.25, 0.3) is 0 Å². The first kappa shape index (κ1) is 21.9. The molecule has 0 aliphatic carbocycles. The summed E-state index contributed by atoms with van der Waals surface area (Å²) in [6.45, 7) is 13.1. The summed E-state index contributed by atoms with van der Waals surface area (Å²) in [6.07, 6.45) is 2.36. The van der Waals surface area contributed by atoms with Crippen LogP contribution in [0.25, 0.3) is 0 Å². The Kier molecular flexibility index (Phi) is 9.69. The molecule has 1 saturated heterocycles. The molecule has 1 aromatic rings. The Balaban J connectivity index is 0.000000487. The molecule has 1 aliphatic rings. The maximum absolute atomic E-state index is 9.10. The van der Waals surface area contributed by atoms with E-state index in [4.69, 9.17) is 24.5 Å². The number of piperazine rings is 1. The number of benzene rings is 1. The van der Waals surface area contributed by atoms with Gasteiger partial charge >= 0.3 is 11.9 Å². The first-order valence-electron chi connectivity index (χ1n) is 8.91. The number of aryl methyl sites for hydroxylation is 3. The molecule has 1 fully saturated rings. The highest BCUT2D eigenvalue weighted by atomic mass is 16.5. The first-order chi connectivity index (χ1) is 12.3. The summed E-state index contributed by atoms with van der Waals surface area (Å²) in [5, 5.41) is 18.2. The van der Waals surface area contributed by atoms with Crippen molar-refractivity contribution in [3.63, 3.8) is 0 Å². The molecular weight excluding hydrogens is 336 g/mol. The fraction of sp³-hybridized carbons (Fsp3) is 0.579. The number of ether oxygens (including phenoxy) is 1. The van der Waals surface area contributed by atoms with Gasteiger partial charge in [0.05, 0.1) is 6.61 Å². The van der Waals surface area contributed by atoms with E-state index in [0.717, 1.165) is 31.9 Å². The number of hydrogen-bond donors (Lipinski definition) is 3. The van der Waals surface area contributed by atoms with Crippen molar-refractivity contribution in [2.24, 2.45) is 0 Å². The number of carbonyl (C=O) groups is 2. The number of aliphatic carboxylic acids is 2. The first-order valence-corrected chi connectivity index (χ1v) is 8.91. The minimum Gasteiger partial charge on any atom is -0.493 e. The van der Waals surface area contributed by atoms with Crippen LogP contribution in [0.4, 0.5) is 0 Å². The number of hydrogen-bond acceptors (Lipinski definition) is 5. The van der Waals surface area contributed by atoms with Gasteiger partial charge in [-0.15, -0.1) is 0 Å². The van der Waals surface area contributed by atoms with E-state index in [1.165, 1.54) is 42.7 Å². The van der Waals surface area contributed by atoms with Crippen LogP contribution in [0.1, 0.15) is 29.5 Å². The predicted molar refractivity (Wildman–Crippen MR) is 100.0 cm³/mol. The van der Waals surface area contributed by atoms with Crippen LogP contribution in [0.15, 0.2) is 12.1 Å². The Morgan fingerprint density at radius 1 is 1.04 bits per heavy atom. The number of carboxylic acids is 2. The fourth-order valence-corrected chi connectivity index (χ4v) is 2.94. The van der Waals surface area contributed by atoms with E-state index in [-0.39, 0.29) is 0 Å². The summed E-state index contributed by atoms with van der Waals surface area (Å²) in [4.78, 5) is 20.7. The van der Waals surface area contributed by atoms with Gasteiger partial charge in [-0.2, -0.15) is 0 Å². The normalized spacial score (nSPS) is 14.3. The van der Waals surface area contributed by atoms with Gasteiger partial charge in [-0.05, 0) is 51.3 Å². The third kappa shape index (κ3) is 8.31. The Morgan fingerprint density at radius 3 is 2.08 bits per heavy atom. The van der Waals surface area contributed by atoms with Crippen LogP contribution in [-0.2, 0) is 9.59 Å². The van der Waals surface area contributed by atoms with Gasteiger partial charge in [0.1, 0.15) is 5.75 Å². The quantitative estimate of drug-likeness (QED) is 0.522. The van der Waals surface area contributed by atoms with E-state index in [1.54, 1.807) is 0 Å². The molecule has 26 heavy (non-hydrogen) atoms. The third-order valence-corrected chi connectivity index (χ3v) is 4.11. The van der Waals surface area contributed by atoms with Gasteiger partial charge in [0.15, 0.2) is 0 Å². The van der Waals surface area contributed by atoms with Crippen LogP contribution in [-0.4, -0.2) is 66.4 Å². The highest BCUT2D eigenvalue weighted by Gasteiger charge is 2.09. The van der Waals surface area contributed by atoms with Gasteiger partial charge in [-0.3, -0.25) is 0 Å². The molecule has 0 spiro atoms. The van der Waals surface area contributed by atoms with Crippen LogP contribution in [0.3, 0.4) is 0 Å². The van der Waals surface area contributed by atoms with E-state index in [2.05, 4.69) is 43.1 Å². The summed E-state index contributed by atoms with van der Waals surface area (Å²) >= 11 is 0. The topological polar surface area (TPSA) is 99.1 Å². The summed E-state index contributed by atoms with van der Waals surface area (Å²) in [7, 11) is 0. The standard InChI is InChI=1S/C17H28N2O.C2H2O4/c1-14-12-15(2)17(16(3)13-14)20-11-5-4-8-19-9-6-18-7-10-19;3-1(4)2(5)6/h12-13,18H,4-11H2,1-3H3;(H,3,4)(H,5,6). The fourth-order valence-electron chi connectivity index (χ4n) is 2.94. The Bertz CT molecular complexity index is 563. The zero-order valence-corrected chi connectivity index (χ0v) is 15.9. The lowest BCUT2D eigenvalue weighted by Gasteiger charge is -2.27. The molecule has 0 amide bonds. The molecular formula is C19H30N2O5. The molecule has 1 aromatic carbocycles. The smallest absolute Gasteiger partial charge is 0.414 e. The van der Waals surface area contributed by atoms with Crippen molar-refractivity contribution in [2.45, 2.75) is 33.6 Å². The average molecular weight is 366 g/mol. The van der Waals surface area contributed by atoms with E-state index in [0.29, 0.717) is 0 Å². The lowest BCUT2D eigenvalue weighted by molar-refractivity contribution is -0.159. The van der Waals surface area contributed by atoms with Gasteiger partial charge < -0.3 is 25.2 Å². The van der Waals surface area contributed by atoms with Crippen LogP contribution < -0.4 is 10.1 Å². The van der Waals surface area contributed by atoms with Gasteiger partial charge in [0.2, 0.25) is 0 Å². The molecule has 0 bridgehead atoms. The Labute approximate surface area is 155 Å². The maximum Gasteiger partial charge on any atom is 0.414 e. The Hall–Kier alpha value is -2.12. The van der Waals surface area contributed by atoms with Gasteiger partial charge in [-0.25, -0.2) is 9.59 Å². The summed E-state index contributed by atoms with van der Waals surface area (Å²) in [5.74, 6) is -2.57. The van der Waals surface area contributed by atoms with Crippen LogP contribution in [0.2, 0.25) is 0 Å². The minimum absolute atomic E-state index is 0.830. The molecule has 3 N–H and O–H groups in total. The molecule has 1 heterocycles. The van der Waals surface area contributed by atoms with Crippen LogP contribution in [0, 0.1) is 20.8 Å². The molecule has 146 valence electrons. The van der Waals surface area contributed by atoms with Crippen molar-refractivity contribution in [3.05, 3.63) is 28.8 Å².